The minimum Gasteiger partial charge on any atom is -0.451 e. The van der Waals surface area contributed by atoms with Gasteiger partial charge in [0, 0.05) is 17.7 Å². The third kappa shape index (κ3) is 3.12. The summed E-state index contributed by atoms with van der Waals surface area (Å²) < 4.78 is 10.8. The summed E-state index contributed by atoms with van der Waals surface area (Å²) in [5.41, 5.74) is 1.58. The Labute approximate surface area is 148 Å². The lowest BCUT2D eigenvalue weighted by Crippen LogP contribution is -2.24. The number of carbonyl (C=O) groups is 1. The number of amides is 1. The highest BCUT2D eigenvalue weighted by atomic mass is 16.5. The van der Waals surface area contributed by atoms with Gasteiger partial charge in [-0.2, -0.15) is 0 Å². The van der Waals surface area contributed by atoms with Gasteiger partial charge in [-0.05, 0) is 12.1 Å². The van der Waals surface area contributed by atoms with Crippen molar-refractivity contribution in [3.63, 3.8) is 0 Å². The molecule has 26 heavy (non-hydrogen) atoms. The summed E-state index contributed by atoms with van der Waals surface area (Å²) in [6.07, 6.45) is 0. The van der Waals surface area contributed by atoms with Crippen molar-refractivity contribution in [2.24, 2.45) is 0 Å². The summed E-state index contributed by atoms with van der Waals surface area (Å²) in [5, 5.41) is 7.06. The van der Waals surface area contributed by atoms with E-state index in [0.29, 0.717) is 22.4 Å². The highest BCUT2D eigenvalue weighted by Crippen LogP contribution is 2.19. The molecule has 6 nitrogen and oxygen atoms in total. The molecule has 1 amide bonds. The van der Waals surface area contributed by atoms with Crippen LogP contribution in [0.25, 0.3) is 22.3 Å². The van der Waals surface area contributed by atoms with Crippen LogP contribution in [0.15, 0.2) is 80.5 Å². The van der Waals surface area contributed by atoms with Crippen LogP contribution < -0.4 is 10.7 Å². The van der Waals surface area contributed by atoms with Gasteiger partial charge in [0.25, 0.3) is 5.91 Å². The average Bonchev–Trinajstić information content (AvgIpc) is 3.16. The summed E-state index contributed by atoms with van der Waals surface area (Å²) in [6, 6.07) is 19.3. The fourth-order valence-electron chi connectivity index (χ4n) is 2.61. The van der Waals surface area contributed by atoms with Crippen LogP contribution in [-0.2, 0) is 6.54 Å². The van der Waals surface area contributed by atoms with Gasteiger partial charge in [-0.25, -0.2) is 0 Å². The van der Waals surface area contributed by atoms with E-state index >= 15 is 0 Å². The van der Waals surface area contributed by atoms with Gasteiger partial charge in [-0.3, -0.25) is 9.59 Å². The molecular weight excluding hydrogens is 332 g/mol. The zero-order valence-corrected chi connectivity index (χ0v) is 13.6. The molecule has 6 heteroatoms. The van der Waals surface area contributed by atoms with Crippen molar-refractivity contribution < 1.29 is 13.7 Å². The lowest BCUT2D eigenvalue weighted by atomic mass is 10.1. The maximum atomic E-state index is 12.3. The molecule has 0 fully saturated rings. The Bertz CT molecular complexity index is 1130. The van der Waals surface area contributed by atoms with Gasteiger partial charge < -0.3 is 14.3 Å². The molecule has 0 unspecified atom stereocenters. The Balaban J connectivity index is 1.49. The first-order valence-electron chi connectivity index (χ1n) is 8.03. The van der Waals surface area contributed by atoms with Crippen molar-refractivity contribution in [1.29, 1.82) is 0 Å². The fourth-order valence-corrected chi connectivity index (χ4v) is 2.61. The van der Waals surface area contributed by atoms with Crippen molar-refractivity contribution >= 4 is 16.9 Å². The fraction of sp³-hybridized carbons (Fsp3) is 0.0500. The lowest BCUT2D eigenvalue weighted by Gasteiger charge is -2.03. The Hall–Kier alpha value is -3.67. The van der Waals surface area contributed by atoms with Gasteiger partial charge in [-0.15, -0.1) is 0 Å². The number of fused-ring (bicyclic) bond motifs is 1. The predicted octanol–water partition coefficient (Wildman–Crippen LogP) is 3.38. The van der Waals surface area contributed by atoms with Crippen LogP contribution in [0.4, 0.5) is 0 Å². The minimum absolute atomic E-state index is 0.0412. The average molecular weight is 346 g/mol. The predicted molar refractivity (Wildman–Crippen MR) is 95.6 cm³/mol. The van der Waals surface area contributed by atoms with Gasteiger partial charge in [0.05, 0.1) is 11.9 Å². The first-order chi connectivity index (χ1) is 12.7. The van der Waals surface area contributed by atoms with E-state index in [4.69, 9.17) is 8.94 Å². The zero-order chi connectivity index (χ0) is 17.9. The smallest absolute Gasteiger partial charge is 0.287 e. The number of nitrogens with zero attached hydrogens (tertiary/aromatic N) is 1. The van der Waals surface area contributed by atoms with Gasteiger partial charge in [-0.1, -0.05) is 47.6 Å². The molecule has 2 aromatic heterocycles. The lowest BCUT2D eigenvalue weighted by molar-refractivity contribution is 0.0923. The molecule has 0 saturated carbocycles. The van der Waals surface area contributed by atoms with E-state index in [1.165, 1.54) is 6.07 Å². The van der Waals surface area contributed by atoms with Crippen LogP contribution in [-0.4, -0.2) is 11.1 Å². The van der Waals surface area contributed by atoms with E-state index < -0.39 is 5.91 Å². The summed E-state index contributed by atoms with van der Waals surface area (Å²) in [5.74, 6) is 0.0877. The van der Waals surface area contributed by atoms with Crippen LogP contribution in [0, 0.1) is 0 Å². The molecule has 0 atom stereocenters. The molecule has 0 radical (unpaired) electrons. The van der Waals surface area contributed by atoms with Crippen molar-refractivity contribution in [1.82, 2.24) is 10.5 Å². The summed E-state index contributed by atoms with van der Waals surface area (Å²) in [6.45, 7) is 0.158. The molecule has 1 N–H and O–H groups in total. The third-order valence-electron chi connectivity index (χ3n) is 3.91. The number of nitrogens with one attached hydrogen (secondary N) is 1. The van der Waals surface area contributed by atoms with Crippen molar-refractivity contribution in [3.05, 3.63) is 88.4 Å². The van der Waals surface area contributed by atoms with Crippen LogP contribution >= 0.6 is 0 Å². The van der Waals surface area contributed by atoms with Crippen LogP contribution in [0.3, 0.4) is 0 Å². The van der Waals surface area contributed by atoms with Gasteiger partial charge in [0.15, 0.2) is 16.9 Å². The molecule has 4 aromatic rings. The number of aromatic nitrogens is 1. The highest BCUT2D eigenvalue weighted by molar-refractivity contribution is 5.93. The first kappa shape index (κ1) is 15.8. The Kier molecular flexibility index (Phi) is 4.07. The van der Waals surface area contributed by atoms with Crippen LogP contribution in [0.5, 0.6) is 0 Å². The Morgan fingerprint density at radius 2 is 1.77 bits per heavy atom. The second-order valence-corrected chi connectivity index (χ2v) is 5.70. The molecule has 0 aliphatic heterocycles. The first-order valence-corrected chi connectivity index (χ1v) is 8.03. The molecule has 2 heterocycles. The number of rotatable bonds is 4. The van der Waals surface area contributed by atoms with E-state index in [0.717, 1.165) is 5.56 Å². The zero-order valence-electron chi connectivity index (χ0n) is 13.6. The summed E-state index contributed by atoms with van der Waals surface area (Å²) >= 11 is 0. The van der Waals surface area contributed by atoms with E-state index in [-0.39, 0.29) is 17.7 Å². The molecule has 128 valence electrons. The summed E-state index contributed by atoms with van der Waals surface area (Å²) in [7, 11) is 0. The van der Waals surface area contributed by atoms with E-state index in [9.17, 15) is 9.59 Å². The van der Waals surface area contributed by atoms with E-state index in [1.807, 2.05) is 30.3 Å². The Morgan fingerprint density at radius 1 is 1.00 bits per heavy atom. The highest BCUT2D eigenvalue weighted by Gasteiger charge is 2.13. The van der Waals surface area contributed by atoms with E-state index in [2.05, 4.69) is 10.5 Å². The molecule has 2 aromatic carbocycles. The number of benzene rings is 2. The molecular formula is C20H14N2O4. The number of hydrogen-bond acceptors (Lipinski definition) is 5. The van der Waals surface area contributed by atoms with Gasteiger partial charge in [0.2, 0.25) is 0 Å². The van der Waals surface area contributed by atoms with Crippen LogP contribution in [0.1, 0.15) is 16.2 Å². The molecule has 0 aliphatic rings. The summed E-state index contributed by atoms with van der Waals surface area (Å²) in [4.78, 5) is 24.4. The Morgan fingerprint density at radius 3 is 2.62 bits per heavy atom. The van der Waals surface area contributed by atoms with E-state index in [1.54, 1.807) is 30.3 Å². The maximum absolute atomic E-state index is 12.3. The largest absolute Gasteiger partial charge is 0.451 e. The van der Waals surface area contributed by atoms with Gasteiger partial charge in [0.1, 0.15) is 11.3 Å². The topological polar surface area (TPSA) is 85.3 Å². The quantitative estimate of drug-likeness (QED) is 0.612. The standard InChI is InChI=1S/C20H14N2O4/c23-16-11-19(25-17-9-5-4-8-15(16)17)20(24)21-12-14-10-18(26-22-14)13-6-2-1-3-7-13/h1-11H,12H2,(H,21,24). The second kappa shape index (κ2) is 6.68. The SMILES string of the molecule is O=C(NCc1cc(-c2ccccc2)on1)c1cc(=O)c2ccccc2o1. The van der Waals surface area contributed by atoms with Crippen LogP contribution in [0.2, 0.25) is 0 Å². The van der Waals surface area contributed by atoms with Crippen molar-refractivity contribution in [2.45, 2.75) is 6.54 Å². The minimum atomic E-state index is -0.489. The maximum Gasteiger partial charge on any atom is 0.287 e. The molecule has 0 saturated heterocycles. The van der Waals surface area contributed by atoms with Gasteiger partial charge >= 0.3 is 0 Å². The molecule has 0 bridgehead atoms. The number of carbonyl (C=O) groups excluding carboxylic acids is 1. The second-order valence-electron chi connectivity index (χ2n) is 5.70. The van der Waals surface area contributed by atoms with Crippen molar-refractivity contribution in [3.8, 4) is 11.3 Å². The number of hydrogen-bond donors (Lipinski definition) is 1. The number of para-hydroxylation sites is 1. The molecule has 4 rings (SSSR count). The van der Waals surface area contributed by atoms with Crippen molar-refractivity contribution in [2.75, 3.05) is 0 Å². The molecule has 0 spiro atoms. The monoisotopic (exact) mass is 346 g/mol. The molecule has 0 aliphatic carbocycles. The third-order valence-corrected chi connectivity index (χ3v) is 3.91. The normalized spacial score (nSPS) is 10.8.